The first-order chi connectivity index (χ1) is 18.6. The molecule has 0 spiro atoms. The molecule has 11 nitrogen and oxygen atoms in total. The first-order valence-corrected chi connectivity index (χ1v) is 12.4. The summed E-state index contributed by atoms with van der Waals surface area (Å²) in [5.74, 6) is 2.67. The van der Waals surface area contributed by atoms with Gasteiger partial charge in [-0.3, -0.25) is 4.79 Å². The minimum absolute atomic E-state index is 0.00719. The molecule has 1 N–H and O–H groups in total. The maximum absolute atomic E-state index is 12.8. The zero-order chi connectivity index (χ0) is 26.3. The van der Waals surface area contributed by atoms with Crippen molar-refractivity contribution in [3.05, 3.63) is 83.7 Å². The second kappa shape index (κ2) is 11.4. The van der Waals surface area contributed by atoms with Crippen molar-refractivity contribution in [2.75, 3.05) is 41.3 Å². The van der Waals surface area contributed by atoms with Gasteiger partial charge in [-0.2, -0.15) is 20.2 Å². The maximum Gasteiger partial charge on any atom is 0.233 e. The highest BCUT2D eigenvalue weighted by atomic mass is 16.1. The fourth-order valence-electron chi connectivity index (χ4n) is 4.19. The first-order valence-electron chi connectivity index (χ1n) is 12.4. The van der Waals surface area contributed by atoms with Gasteiger partial charge >= 0.3 is 0 Å². The molecule has 4 heterocycles. The fourth-order valence-corrected chi connectivity index (χ4v) is 4.19. The standard InChI is InChI=1S/C27H26N10O/c1-2-23-32-26(33-24-17-20(8-9-30-24)22(38)16-19-6-4-3-5-7-19)35-27(34-23)37-14-12-36(13-15-37)25-21(18-28)29-10-11-31-25/h3-11,17H,2,12-16H2,1H3,(H,30,32,33,34,35). The number of rotatable bonds is 8. The smallest absolute Gasteiger partial charge is 0.233 e. The Hall–Kier alpha value is -4.98. The Morgan fingerprint density at radius 2 is 1.71 bits per heavy atom. The Morgan fingerprint density at radius 3 is 2.47 bits per heavy atom. The number of anilines is 4. The molecular weight excluding hydrogens is 480 g/mol. The second-order valence-electron chi connectivity index (χ2n) is 8.68. The molecule has 0 aliphatic carbocycles. The first kappa shape index (κ1) is 24.7. The van der Waals surface area contributed by atoms with E-state index in [1.807, 2.05) is 42.2 Å². The summed E-state index contributed by atoms with van der Waals surface area (Å²) in [5, 5.41) is 12.5. The van der Waals surface area contributed by atoms with Crippen LogP contribution in [0, 0.1) is 11.3 Å². The Morgan fingerprint density at radius 1 is 0.947 bits per heavy atom. The summed E-state index contributed by atoms with van der Waals surface area (Å²) in [6.45, 7) is 4.58. The van der Waals surface area contributed by atoms with E-state index in [9.17, 15) is 10.1 Å². The molecule has 11 heteroatoms. The number of carbonyl (C=O) groups is 1. The van der Waals surface area contributed by atoms with E-state index in [1.165, 1.54) is 6.20 Å². The van der Waals surface area contributed by atoms with Crippen molar-refractivity contribution < 1.29 is 4.79 Å². The number of Topliss-reactive ketones (excluding diaryl/α,β-unsaturated/α-hetero) is 1. The van der Waals surface area contributed by atoms with E-state index < -0.39 is 0 Å². The molecule has 4 aromatic rings. The molecule has 0 atom stereocenters. The van der Waals surface area contributed by atoms with E-state index in [0.717, 1.165) is 5.56 Å². The number of aryl methyl sites for hydroxylation is 1. The van der Waals surface area contributed by atoms with E-state index in [4.69, 9.17) is 0 Å². The van der Waals surface area contributed by atoms with Gasteiger partial charge in [-0.15, -0.1) is 0 Å². The minimum Gasteiger partial charge on any atom is -0.351 e. The zero-order valence-corrected chi connectivity index (χ0v) is 20.9. The third kappa shape index (κ3) is 5.70. The average Bonchev–Trinajstić information content (AvgIpc) is 2.97. The Labute approximate surface area is 220 Å². The van der Waals surface area contributed by atoms with E-state index in [0.29, 0.717) is 79.6 Å². The van der Waals surface area contributed by atoms with Gasteiger partial charge in [0.25, 0.3) is 0 Å². The molecule has 0 bridgehead atoms. The van der Waals surface area contributed by atoms with Crippen LogP contribution in [0.2, 0.25) is 0 Å². The molecule has 190 valence electrons. The second-order valence-corrected chi connectivity index (χ2v) is 8.68. The van der Waals surface area contributed by atoms with Crippen LogP contribution in [0.4, 0.5) is 23.5 Å². The van der Waals surface area contributed by atoms with Crippen LogP contribution in [0.5, 0.6) is 0 Å². The molecule has 1 aromatic carbocycles. The number of pyridine rings is 1. The van der Waals surface area contributed by atoms with Gasteiger partial charge in [0.15, 0.2) is 17.3 Å². The summed E-state index contributed by atoms with van der Waals surface area (Å²) in [5.41, 5.74) is 1.84. The van der Waals surface area contributed by atoms with Gasteiger partial charge in [0.05, 0.1) is 0 Å². The lowest BCUT2D eigenvalue weighted by Crippen LogP contribution is -2.47. The van der Waals surface area contributed by atoms with Gasteiger partial charge in [0.1, 0.15) is 17.7 Å². The molecule has 38 heavy (non-hydrogen) atoms. The molecule has 0 saturated carbocycles. The molecule has 3 aromatic heterocycles. The molecule has 0 radical (unpaired) electrons. The normalized spacial score (nSPS) is 13.2. The van der Waals surface area contributed by atoms with Gasteiger partial charge in [0, 0.05) is 63.2 Å². The molecular formula is C27H26N10O. The van der Waals surface area contributed by atoms with Crippen molar-refractivity contribution >= 4 is 29.3 Å². The van der Waals surface area contributed by atoms with Gasteiger partial charge < -0.3 is 15.1 Å². The van der Waals surface area contributed by atoms with E-state index >= 15 is 0 Å². The highest BCUT2D eigenvalue weighted by Crippen LogP contribution is 2.21. The molecule has 5 rings (SSSR count). The third-order valence-electron chi connectivity index (χ3n) is 6.16. The fraction of sp³-hybridized carbons (Fsp3) is 0.259. The van der Waals surface area contributed by atoms with Crippen LogP contribution in [0.25, 0.3) is 0 Å². The number of hydrogen-bond acceptors (Lipinski definition) is 11. The van der Waals surface area contributed by atoms with Gasteiger partial charge in [-0.25, -0.2) is 15.0 Å². The number of ketones is 1. The molecule has 1 fully saturated rings. The number of piperazine rings is 1. The van der Waals surface area contributed by atoms with Crippen molar-refractivity contribution in [3.8, 4) is 6.07 Å². The summed E-state index contributed by atoms with van der Waals surface area (Å²) in [7, 11) is 0. The predicted molar refractivity (Wildman–Crippen MR) is 142 cm³/mol. The van der Waals surface area contributed by atoms with Gasteiger partial charge in [0.2, 0.25) is 11.9 Å². The Bertz CT molecular complexity index is 1460. The van der Waals surface area contributed by atoms with Crippen molar-refractivity contribution in [3.63, 3.8) is 0 Å². The summed E-state index contributed by atoms with van der Waals surface area (Å²) in [6, 6.07) is 15.2. The van der Waals surface area contributed by atoms with Gasteiger partial charge in [-0.1, -0.05) is 37.3 Å². The van der Waals surface area contributed by atoms with Crippen molar-refractivity contribution in [2.45, 2.75) is 19.8 Å². The number of carbonyl (C=O) groups excluding carboxylic acids is 1. The molecule has 1 aliphatic rings. The third-order valence-corrected chi connectivity index (χ3v) is 6.16. The number of hydrogen-bond donors (Lipinski definition) is 1. The Kier molecular flexibility index (Phi) is 7.40. The summed E-state index contributed by atoms with van der Waals surface area (Å²) >= 11 is 0. The van der Waals surface area contributed by atoms with Crippen LogP contribution in [-0.2, 0) is 12.8 Å². The monoisotopic (exact) mass is 506 g/mol. The molecule has 0 amide bonds. The SMILES string of the molecule is CCc1nc(Nc2cc(C(=O)Cc3ccccc3)ccn2)nc(N2CCN(c3nccnc3C#N)CC2)n1. The van der Waals surface area contributed by atoms with Crippen LogP contribution < -0.4 is 15.1 Å². The van der Waals surface area contributed by atoms with Gasteiger partial charge in [-0.05, 0) is 17.7 Å². The number of nitrogens with zero attached hydrogens (tertiary/aromatic N) is 9. The Balaban J connectivity index is 1.29. The summed E-state index contributed by atoms with van der Waals surface area (Å²) in [6.07, 6.45) is 5.67. The minimum atomic E-state index is 0.00719. The van der Waals surface area contributed by atoms with Crippen LogP contribution in [0.1, 0.15) is 34.4 Å². The summed E-state index contributed by atoms with van der Waals surface area (Å²) < 4.78 is 0. The maximum atomic E-state index is 12.8. The van der Waals surface area contributed by atoms with Crippen LogP contribution in [0.3, 0.4) is 0 Å². The highest BCUT2D eigenvalue weighted by Gasteiger charge is 2.23. The van der Waals surface area contributed by atoms with Crippen LogP contribution >= 0.6 is 0 Å². The van der Waals surface area contributed by atoms with Crippen LogP contribution in [-0.4, -0.2) is 61.9 Å². The molecule has 1 aliphatic heterocycles. The van der Waals surface area contributed by atoms with Crippen molar-refractivity contribution in [2.24, 2.45) is 0 Å². The predicted octanol–water partition coefficient (Wildman–Crippen LogP) is 2.99. The van der Waals surface area contributed by atoms with Crippen molar-refractivity contribution in [1.29, 1.82) is 5.26 Å². The lowest BCUT2D eigenvalue weighted by atomic mass is 10.0. The van der Waals surface area contributed by atoms with Crippen LogP contribution in [0.15, 0.2) is 61.1 Å². The average molecular weight is 507 g/mol. The number of nitrogens with one attached hydrogen (secondary N) is 1. The van der Waals surface area contributed by atoms with E-state index in [-0.39, 0.29) is 5.78 Å². The zero-order valence-electron chi connectivity index (χ0n) is 20.9. The number of nitriles is 1. The van der Waals surface area contributed by atoms with E-state index in [1.54, 1.807) is 24.5 Å². The van der Waals surface area contributed by atoms with E-state index in [2.05, 4.69) is 46.2 Å². The number of benzene rings is 1. The summed E-state index contributed by atoms with van der Waals surface area (Å²) in [4.78, 5) is 43.6. The van der Waals surface area contributed by atoms with Crippen molar-refractivity contribution in [1.82, 2.24) is 29.9 Å². The number of aromatic nitrogens is 6. The lowest BCUT2D eigenvalue weighted by Gasteiger charge is -2.35. The molecule has 1 saturated heterocycles. The molecule has 0 unspecified atom stereocenters. The quantitative estimate of drug-likeness (QED) is 0.353. The lowest BCUT2D eigenvalue weighted by molar-refractivity contribution is 0.0993. The highest BCUT2D eigenvalue weighted by molar-refractivity contribution is 5.98. The topological polar surface area (TPSA) is 137 Å². The largest absolute Gasteiger partial charge is 0.351 e.